The molecule has 2 heterocycles. The van der Waals surface area contributed by atoms with Gasteiger partial charge >= 0.3 is 0 Å². The zero-order valence-corrected chi connectivity index (χ0v) is 17.4. The highest BCUT2D eigenvalue weighted by Gasteiger charge is 2.28. The average molecular weight is 431 g/mol. The molecule has 30 heavy (non-hydrogen) atoms. The lowest BCUT2D eigenvalue weighted by atomic mass is 10.1. The monoisotopic (exact) mass is 430 g/mol. The van der Waals surface area contributed by atoms with E-state index in [2.05, 4.69) is 21.3 Å². The van der Waals surface area contributed by atoms with Crippen LogP contribution in [0.15, 0.2) is 53.1 Å². The van der Waals surface area contributed by atoms with Crippen molar-refractivity contribution in [2.75, 3.05) is 12.3 Å². The molecule has 2 atom stereocenters. The van der Waals surface area contributed by atoms with Gasteiger partial charge in [0, 0.05) is 25.4 Å². The van der Waals surface area contributed by atoms with Crippen LogP contribution in [0.3, 0.4) is 0 Å². The van der Waals surface area contributed by atoms with Crippen LogP contribution in [0, 0.1) is 0 Å². The summed E-state index contributed by atoms with van der Waals surface area (Å²) in [5, 5.41) is 11.7. The molecule has 0 radical (unpaired) electrons. The summed E-state index contributed by atoms with van der Waals surface area (Å²) >= 11 is 1.27. The summed E-state index contributed by atoms with van der Waals surface area (Å²) in [4.78, 5) is 36.2. The van der Waals surface area contributed by atoms with Gasteiger partial charge in [0.15, 0.2) is 0 Å². The third kappa shape index (κ3) is 7.57. The molecule has 160 valence electrons. The van der Waals surface area contributed by atoms with Crippen molar-refractivity contribution in [1.29, 1.82) is 0 Å². The maximum absolute atomic E-state index is 12.2. The van der Waals surface area contributed by atoms with Crippen molar-refractivity contribution < 1.29 is 18.8 Å². The lowest BCUT2D eigenvalue weighted by Gasteiger charge is -2.30. The Bertz CT molecular complexity index is 829. The summed E-state index contributed by atoms with van der Waals surface area (Å²) in [6.07, 6.45) is 2.75. The van der Waals surface area contributed by atoms with Crippen molar-refractivity contribution in [3.8, 4) is 0 Å². The Morgan fingerprint density at radius 3 is 2.70 bits per heavy atom. The van der Waals surface area contributed by atoms with Crippen LogP contribution in [0.2, 0.25) is 0 Å². The van der Waals surface area contributed by atoms with Crippen LogP contribution < -0.4 is 21.3 Å². The van der Waals surface area contributed by atoms with E-state index in [0.717, 1.165) is 12.0 Å². The fourth-order valence-electron chi connectivity index (χ4n) is 3.06. The first kappa shape index (κ1) is 21.9. The number of benzene rings is 1. The van der Waals surface area contributed by atoms with Gasteiger partial charge in [-0.3, -0.25) is 19.7 Å². The van der Waals surface area contributed by atoms with Gasteiger partial charge in [-0.05, 0) is 24.1 Å². The summed E-state index contributed by atoms with van der Waals surface area (Å²) in [7, 11) is 0. The topological polar surface area (TPSA) is 112 Å². The van der Waals surface area contributed by atoms with Gasteiger partial charge in [0.1, 0.15) is 11.3 Å². The quantitative estimate of drug-likeness (QED) is 0.450. The van der Waals surface area contributed by atoms with Gasteiger partial charge in [-0.15, -0.1) is 11.8 Å². The van der Waals surface area contributed by atoms with Crippen LogP contribution in [0.5, 0.6) is 0 Å². The van der Waals surface area contributed by atoms with Gasteiger partial charge in [-0.25, -0.2) is 0 Å². The van der Waals surface area contributed by atoms with Crippen LogP contribution in [-0.2, 0) is 27.3 Å². The lowest BCUT2D eigenvalue weighted by Crippen LogP contribution is -2.56. The third-order valence-electron chi connectivity index (χ3n) is 4.54. The van der Waals surface area contributed by atoms with Crippen LogP contribution in [0.1, 0.15) is 24.2 Å². The summed E-state index contributed by atoms with van der Waals surface area (Å²) in [6, 6.07) is 13.2. The summed E-state index contributed by atoms with van der Waals surface area (Å²) in [5.74, 6) is 0.459. The molecule has 8 nitrogen and oxygen atoms in total. The first-order chi connectivity index (χ1) is 14.6. The van der Waals surface area contributed by atoms with Crippen LogP contribution >= 0.6 is 11.8 Å². The predicted octanol–water partition coefficient (Wildman–Crippen LogP) is 1.14. The second kappa shape index (κ2) is 11.4. The van der Waals surface area contributed by atoms with Crippen molar-refractivity contribution in [2.24, 2.45) is 0 Å². The Morgan fingerprint density at radius 2 is 1.93 bits per heavy atom. The minimum atomic E-state index is -0.414. The fourth-order valence-corrected chi connectivity index (χ4v) is 3.98. The van der Waals surface area contributed by atoms with E-state index in [-0.39, 0.29) is 42.4 Å². The minimum absolute atomic E-state index is 0.0990. The van der Waals surface area contributed by atoms with Crippen molar-refractivity contribution in [2.45, 2.75) is 37.3 Å². The van der Waals surface area contributed by atoms with E-state index in [4.69, 9.17) is 4.42 Å². The Labute approximate surface area is 179 Å². The third-order valence-corrected chi connectivity index (χ3v) is 5.56. The number of amides is 3. The minimum Gasteiger partial charge on any atom is -0.467 e. The normalized spacial score (nSPS) is 18.5. The predicted molar refractivity (Wildman–Crippen MR) is 114 cm³/mol. The van der Waals surface area contributed by atoms with Crippen LogP contribution in [0.4, 0.5) is 0 Å². The smallest absolute Gasteiger partial charge is 0.230 e. The highest BCUT2D eigenvalue weighted by atomic mass is 32.2. The maximum Gasteiger partial charge on any atom is 0.230 e. The number of carbonyl (C=O) groups excluding carboxylic acids is 3. The highest BCUT2D eigenvalue weighted by molar-refractivity contribution is 8.00. The Hall–Kier alpha value is -2.78. The summed E-state index contributed by atoms with van der Waals surface area (Å²) in [5.41, 5.74) is 0.748. The van der Waals surface area contributed by atoms with E-state index < -0.39 is 5.50 Å². The van der Waals surface area contributed by atoms with Crippen molar-refractivity contribution in [1.82, 2.24) is 21.3 Å². The van der Waals surface area contributed by atoms with E-state index in [9.17, 15) is 14.4 Å². The molecule has 1 saturated heterocycles. The van der Waals surface area contributed by atoms with E-state index in [1.165, 1.54) is 11.8 Å². The van der Waals surface area contributed by atoms with E-state index in [1.54, 1.807) is 18.4 Å². The van der Waals surface area contributed by atoms with E-state index in [0.29, 0.717) is 18.8 Å². The Morgan fingerprint density at radius 1 is 1.10 bits per heavy atom. The summed E-state index contributed by atoms with van der Waals surface area (Å²) in [6.45, 7) is 0.873. The van der Waals surface area contributed by atoms with Gasteiger partial charge < -0.3 is 20.4 Å². The first-order valence-corrected chi connectivity index (χ1v) is 10.9. The number of thioether (sulfide) groups is 1. The van der Waals surface area contributed by atoms with Crippen LogP contribution in [-0.4, -0.2) is 41.6 Å². The number of hydrogen-bond acceptors (Lipinski definition) is 6. The fraction of sp³-hybridized carbons (Fsp3) is 0.381. The number of nitrogens with one attached hydrogen (secondary N) is 4. The second-order valence-corrected chi connectivity index (χ2v) is 8.07. The van der Waals surface area contributed by atoms with Crippen LogP contribution in [0.25, 0.3) is 0 Å². The number of rotatable bonds is 10. The molecule has 1 fully saturated rings. The lowest BCUT2D eigenvalue weighted by molar-refractivity contribution is -0.125. The molecule has 9 heteroatoms. The zero-order valence-electron chi connectivity index (χ0n) is 16.6. The molecule has 0 saturated carbocycles. The number of hydrogen-bond donors (Lipinski definition) is 4. The molecule has 4 N–H and O–H groups in total. The van der Waals surface area contributed by atoms with Gasteiger partial charge in [-0.1, -0.05) is 30.3 Å². The molecule has 1 aliphatic heterocycles. The SMILES string of the molecule is O=C(CSC1NC(=O)CC(CC(=O)NCCc2ccccc2)N1)NCc1ccco1. The van der Waals surface area contributed by atoms with Crippen molar-refractivity contribution >= 4 is 29.5 Å². The molecule has 1 aromatic carbocycles. The second-order valence-electron chi connectivity index (χ2n) is 6.97. The van der Waals surface area contributed by atoms with Crippen molar-refractivity contribution in [3.05, 3.63) is 60.1 Å². The van der Waals surface area contributed by atoms with E-state index in [1.807, 2.05) is 30.3 Å². The average Bonchev–Trinajstić information content (AvgIpc) is 3.25. The molecule has 1 aliphatic rings. The molecule has 0 spiro atoms. The Kier molecular flexibility index (Phi) is 8.34. The standard InChI is InChI=1S/C21H26N4O4S/c26-18(22-9-8-15-5-2-1-3-6-15)11-16-12-19(27)25-21(24-16)30-14-20(28)23-13-17-7-4-10-29-17/h1-7,10,16,21,24H,8-9,11-14H2,(H,22,26)(H,23,28)(H,25,27). The first-order valence-electron chi connectivity index (χ1n) is 9.85. The van der Waals surface area contributed by atoms with Gasteiger partial charge in [0.05, 0.1) is 18.6 Å². The molecule has 2 unspecified atom stereocenters. The molecule has 3 rings (SSSR count). The molecular weight excluding hydrogens is 404 g/mol. The van der Waals surface area contributed by atoms with Gasteiger partial charge in [-0.2, -0.15) is 0 Å². The molecule has 2 aromatic rings. The van der Waals surface area contributed by atoms with E-state index >= 15 is 0 Å². The molecule has 1 aromatic heterocycles. The maximum atomic E-state index is 12.2. The number of carbonyl (C=O) groups is 3. The number of furan rings is 1. The molecular formula is C21H26N4O4S. The molecule has 3 amide bonds. The van der Waals surface area contributed by atoms with Gasteiger partial charge in [0.25, 0.3) is 0 Å². The Balaban J connectivity index is 1.35. The molecule has 0 aliphatic carbocycles. The largest absolute Gasteiger partial charge is 0.467 e. The zero-order chi connectivity index (χ0) is 21.2. The van der Waals surface area contributed by atoms with Crippen molar-refractivity contribution in [3.63, 3.8) is 0 Å². The van der Waals surface area contributed by atoms with Gasteiger partial charge in [0.2, 0.25) is 17.7 Å². The highest BCUT2D eigenvalue weighted by Crippen LogP contribution is 2.14. The summed E-state index contributed by atoms with van der Waals surface area (Å²) < 4.78 is 5.17. The molecule has 0 bridgehead atoms.